The Morgan fingerprint density at radius 3 is 2.50 bits per heavy atom. The molecule has 0 aliphatic rings. The first-order chi connectivity index (χ1) is 5.59. The molecule has 3 nitrogen and oxygen atoms in total. The second-order valence-corrected chi connectivity index (χ2v) is 2.60. The summed E-state index contributed by atoms with van der Waals surface area (Å²) in [5.41, 5.74) is 5.03. The third-order valence-electron chi connectivity index (χ3n) is 1.52. The first-order valence-corrected chi connectivity index (χ1v) is 3.97. The van der Waals surface area contributed by atoms with Crippen molar-refractivity contribution in [1.82, 2.24) is 0 Å². The molecule has 0 heterocycles. The molecule has 0 fully saturated rings. The predicted octanol–water partition coefficient (Wildman–Crippen LogP) is 1.79. The molecule has 0 amide bonds. The molecule has 70 valence electrons. The molecule has 0 saturated heterocycles. The number of unbranched alkanes of at least 4 members (excludes halogenated alkanes) is 2. The molecule has 0 aromatic rings. The Labute approximate surface area is 71.1 Å². The van der Waals surface area contributed by atoms with Gasteiger partial charge in [0.05, 0.1) is 5.70 Å². The largest absolute Gasteiger partial charge is 0.476 e. The van der Waals surface area contributed by atoms with E-state index in [1.165, 1.54) is 0 Å². The highest BCUT2D eigenvalue weighted by Gasteiger charge is 2.10. The lowest BCUT2D eigenvalue weighted by Gasteiger charge is -1.99. The fourth-order valence-electron chi connectivity index (χ4n) is 0.813. The summed E-state index contributed by atoms with van der Waals surface area (Å²) in [7, 11) is 0. The molecule has 0 radical (unpaired) electrons. The van der Waals surface area contributed by atoms with Crippen molar-refractivity contribution in [3.63, 3.8) is 0 Å². The second kappa shape index (κ2) is 5.57. The number of halogens is 1. The lowest BCUT2D eigenvalue weighted by atomic mass is 10.1. The number of hydrogen-bond acceptors (Lipinski definition) is 2. The van der Waals surface area contributed by atoms with Crippen LogP contribution in [0, 0.1) is 0 Å². The average molecular weight is 175 g/mol. The first kappa shape index (κ1) is 10.9. The van der Waals surface area contributed by atoms with Crippen molar-refractivity contribution in [1.29, 1.82) is 0 Å². The van der Waals surface area contributed by atoms with Crippen LogP contribution in [-0.2, 0) is 4.79 Å². The topological polar surface area (TPSA) is 63.3 Å². The average Bonchev–Trinajstić information content (AvgIpc) is 2.03. The van der Waals surface area contributed by atoms with Gasteiger partial charge in [0.25, 0.3) is 0 Å². The molecule has 0 bridgehead atoms. The van der Waals surface area contributed by atoms with Crippen LogP contribution in [-0.4, -0.2) is 11.1 Å². The Bertz CT molecular complexity index is 189. The molecule has 0 unspecified atom stereocenters. The van der Waals surface area contributed by atoms with E-state index in [0.29, 0.717) is 6.42 Å². The smallest absolute Gasteiger partial charge is 0.366 e. The molecule has 0 aliphatic carbocycles. The molecule has 0 saturated carbocycles. The maximum Gasteiger partial charge on any atom is 0.366 e. The number of nitrogens with two attached hydrogens (primary N) is 1. The molecular formula is C8H14FNO2. The van der Waals surface area contributed by atoms with Crippen molar-refractivity contribution < 1.29 is 14.3 Å². The van der Waals surface area contributed by atoms with Crippen molar-refractivity contribution in [2.24, 2.45) is 5.73 Å². The molecule has 0 atom stereocenters. The third-order valence-corrected chi connectivity index (χ3v) is 1.52. The first-order valence-electron chi connectivity index (χ1n) is 3.97. The summed E-state index contributed by atoms with van der Waals surface area (Å²) >= 11 is 0. The highest BCUT2D eigenvalue weighted by molar-refractivity contribution is 5.84. The summed E-state index contributed by atoms with van der Waals surface area (Å²) in [5.74, 6) is -2.80. The minimum atomic E-state index is -1.58. The highest BCUT2D eigenvalue weighted by atomic mass is 19.1. The van der Waals surface area contributed by atoms with Crippen LogP contribution >= 0.6 is 0 Å². The molecule has 0 spiro atoms. The van der Waals surface area contributed by atoms with Gasteiger partial charge in [-0.2, -0.15) is 4.39 Å². The van der Waals surface area contributed by atoms with Crippen LogP contribution in [0.1, 0.15) is 32.6 Å². The number of carboxylic acid groups (broad SMARTS) is 1. The quantitative estimate of drug-likeness (QED) is 0.494. The fourth-order valence-corrected chi connectivity index (χ4v) is 0.813. The fraction of sp³-hybridized carbons (Fsp3) is 0.625. The summed E-state index contributed by atoms with van der Waals surface area (Å²) in [6.07, 6.45) is 3.00. The minimum absolute atomic E-state index is 0.157. The Morgan fingerprint density at radius 2 is 2.08 bits per heavy atom. The molecule has 0 aromatic heterocycles. The maximum atomic E-state index is 12.5. The summed E-state index contributed by atoms with van der Waals surface area (Å²) in [4.78, 5) is 10.1. The van der Waals surface area contributed by atoms with Crippen LogP contribution in [0.4, 0.5) is 4.39 Å². The highest BCUT2D eigenvalue weighted by Crippen LogP contribution is 2.09. The van der Waals surface area contributed by atoms with Gasteiger partial charge in [0.1, 0.15) is 0 Å². The summed E-state index contributed by atoms with van der Waals surface area (Å²) in [6.45, 7) is 2.01. The van der Waals surface area contributed by atoms with Crippen LogP contribution in [0.3, 0.4) is 0 Å². The van der Waals surface area contributed by atoms with Crippen molar-refractivity contribution in [3.8, 4) is 0 Å². The van der Waals surface area contributed by atoms with E-state index < -0.39 is 11.8 Å². The monoisotopic (exact) mass is 175 g/mol. The van der Waals surface area contributed by atoms with E-state index in [1.54, 1.807) is 0 Å². The van der Waals surface area contributed by atoms with Crippen molar-refractivity contribution >= 4 is 5.97 Å². The Kier molecular flexibility index (Phi) is 5.08. The summed E-state index contributed by atoms with van der Waals surface area (Å²) < 4.78 is 12.5. The van der Waals surface area contributed by atoms with Crippen LogP contribution in [0.25, 0.3) is 0 Å². The van der Waals surface area contributed by atoms with Crippen molar-refractivity contribution in [3.05, 3.63) is 11.5 Å². The number of rotatable bonds is 5. The van der Waals surface area contributed by atoms with Gasteiger partial charge in [-0.1, -0.05) is 19.8 Å². The van der Waals surface area contributed by atoms with E-state index in [4.69, 9.17) is 10.8 Å². The Hall–Kier alpha value is -1.06. The zero-order valence-corrected chi connectivity index (χ0v) is 7.14. The zero-order chi connectivity index (χ0) is 9.56. The number of carbonyl (C=O) groups is 1. The third kappa shape index (κ3) is 3.95. The lowest BCUT2D eigenvalue weighted by molar-refractivity contribution is -0.134. The predicted molar refractivity (Wildman–Crippen MR) is 44.1 cm³/mol. The minimum Gasteiger partial charge on any atom is -0.476 e. The van der Waals surface area contributed by atoms with Gasteiger partial charge in [0.2, 0.25) is 5.83 Å². The lowest BCUT2D eigenvalue weighted by Crippen LogP contribution is -2.07. The Morgan fingerprint density at radius 1 is 1.50 bits per heavy atom. The van der Waals surface area contributed by atoms with Crippen LogP contribution < -0.4 is 5.73 Å². The van der Waals surface area contributed by atoms with Gasteiger partial charge < -0.3 is 10.8 Å². The van der Waals surface area contributed by atoms with Crippen molar-refractivity contribution in [2.45, 2.75) is 32.6 Å². The summed E-state index contributed by atoms with van der Waals surface area (Å²) in [6, 6.07) is 0. The van der Waals surface area contributed by atoms with E-state index in [2.05, 4.69) is 0 Å². The molecular weight excluding hydrogens is 161 g/mol. The van der Waals surface area contributed by atoms with Crippen molar-refractivity contribution in [2.75, 3.05) is 0 Å². The van der Waals surface area contributed by atoms with E-state index in [-0.39, 0.29) is 5.70 Å². The Balaban J connectivity index is 3.91. The van der Waals surface area contributed by atoms with E-state index in [1.807, 2.05) is 6.92 Å². The van der Waals surface area contributed by atoms with E-state index in [9.17, 15) is 9.18 Å². The number of aliphatic carboxylic acids is 1. The zero-order valence-electron chi connectivity index (χ0n) is 7.14. The molecule has 12 heavy (non-hydrogen) atoms. The van der Waals surface area contributed by atoms with Gasteiger partial charge in [-0.05, 0) is 12.8 Å². The van der Waals surface area contributed by atoms with Gasteiger partial charge in [-0.3, -0.25) is 0 Å². The van der Waals surface area contributed by atoms with Crippen LogP contribution in [0.2, 0.25) is 0 Å². The van der Waals surface area contributed by atoms with Gasteiger partial charge in [0.15, 0.2) is 0 Å². The number of hydrogen-bond donors (Lipinski definition) is 2. The molecule has 3 N–H and O–H groups in total. The van der Waals surface area contributed by atoms with Crippen LogP contribution in [0.15, 0.2) is 11.5 Å². The number of carboxylic acids is 1. The van der Waals surface area contributed by atoms with E-state index in [0.717, 1.165) is 19.3 Å². The normalized spacial score (nSPS) is 12.5. The molecule has 4 heteroatoms. The van der Waals surface area contributed by atoms with Gasteiger partial charge in [-0.15, -0.1) is 0 Å². The van der Waals surface area contributed by atoms with Gasteiger partial charge >= 0.3 is 5.97 Å². The van der Waals surface area contributed by atoms with Gasteiger partial charge in [0, 0.05) is 0 Å². The van der Waals surface area contributed by atoms with Gasteiger partial charge in [-0.25, -0.2) is 4.79 Å². The van der Waals surface area contributed by atoms with E-state index >= 15 is 0 Å². The standard InChI is InChI=1S/C8H14FNO2/c1-2-3-4-5-6(10)7(9)8(11)12/h2-5,10H2,1H3,(H,11,12). The molecule has 0 aliphatic heterocycles. The SMILES string of the molecule is CCCCCC(N)=C(F)C(=O)O. The second-order valence-electron chi connectivity index (χ2n) is 2.60. The molecule has 0 aromatic carbocycles. The summed E-state index contributed by atoms with van der Waals surface area (Å²) in [5, 5.41) is 8.20. The number of allylic oxidation sites excluding steroid dienone is 1. The van der Waals surface area contributed by atoms with Crippen LogP contribution in [0.5, 0.6) is 0 Å². The maximum absolute atomic E-state index is 12.5. The molecule has 0 rings (SSSR count).